The minimum atomic E-state index is -0.764. The van der Waals surface area contributed by atoms with E-state index in [1.807, 2.05) is 4.90 Å². The highest BCUT2D eigenvalue weighted by atomic mass is 35.5. The summed E-state index contributed by atoms with van der Waals surface area (Å²) in [5.41, 5.74) is 1.61. The van der Waals surface area contributed by atoms with Crippen LogP contribution in [-0.2, 0) is 11.3 Å². The van der Waals surface area contributed by atoms with Crippen molar-refractivity contribution in [2.45, 2.75) is 51.6 Å². The molecule has 0 aliphatic carbocycles. The maximum Gasteiger partial charge on any atom is 0.306 e. The molecule has 1 aromatic carbocycles. The van der Waals surface area contributed by atoms with Gasteiger partial charge in [-0.25, -0.2) is 15.0 Å². The normalized spacial score (nSPS) is 18.3. The van der Waals surface area contributed by atoms with E-state index in [0.29, 0.717) is 71.0 Å². The van der Waals surface area contributed by atoms with Crippen LogP contribution in [0, 0.1) is 5.92 Å². The van der Waals surface area contributed by atoms with Crippen LogP contribution in [-0.4, -0.2) is 69.6 Å². The summed E-state index contributed by atoms with van der Waals surface area (Å²) in [7, 11) is 1.52. The Kier molecular flexibility index (Phi) is 9.28. The van der Waals surface area contributed by atoms with Gasteiger partial charge in [0.15, 0.2) is 10.9 Å². The van der Waals surface area contributed by atoms with Crippen LogP contribution in [0.4, 0.5) is 10.9 Å². The molecule has 41 heavy (non-hydrogen) atoms. The van der Waals surface area contributed by atoms with Gasteiger partial charge in [0.05, 0.1) is 41.2 Å². The zero-order valence-electron chi connectivity index (χ0n) is 22.9. The molecule has 2 N–H and O–H groups in total. The number of aromatic nitrogens is 3. The highest BCUT2D eigenvalue weighted by Gasteiger charge is 2.26. The molecule has 0 unspecified atom stereocenters. The lowest BCUT2D eigenvalue weighted by molar-refractivity contribution is -0.142. The Morgan fingerprint density at radius 2 is 1.83 bits per heavy atom. The van der Waals surface area contributed by atoms with Gasteiger partial charge in [0.1, 0.15) is 11.5 Å². The number of methoxy groups -OCH3 is 1. The van der Waals surface area contributed by atoms with Gasteiger partial charge >= 0.3 is 5.97 Å². The molecule has 0 radical (unpaired) electrons. The molecule has 3 aromatic rings. The third kappa shape index (κ3) is 6.74. The third-order valence-corrected chi connectivity index (χ3v) is 9.24. The number of nitrogens with zero attached hydrogens (tertiary/aromatic N) is 5. The monoisotopic (exact) mass is 618 g/mol. The molecule has 0 spiro atoms. The van der Waals surface area contributed by atoms with Gasteiger partial charge in [0.2, 0.25) is 0 Å². The first kappa shape index (κ1) is 29.5. The predicted octanol–water partition coefficient (Wildman–Crippen LogP) is 5.84. The van der Waals surface area contributed by atoms with Crippen molar-refractivity contribution in [3.8, 4) is 17.0 Å². The summed E-state index contributed by atoms with van der Waals surface area (Å²) in [5.74, 6) is -0.494. The topological polar surface area (TPSA) is 121 Å². The molecule has 5 rings (SSSR count). The highest BCUT2D eigenvalue weighted by molar-refractivity contribution is 7.16. The fourth-order valence-corrected chi connectivity index (χ4v) is 6.97. The number of carbonyl (C=O) groups is 2. The number of benzene rings is 1. The van der Waals surface area contributed by atoms with E-state index < -0.39 is 11.9 Å². The first-order chi connectivity index (χ1) is 19.7. The fourth-order valence-electron chi connectivity index (χ4n) is 5.32. The van der Waals surface area contributed by atoms with E-state index in [1.54, 1.807) is 18.3 Å². The van der Waals surface area contributed by atoms with Gasteiger partial charge in [-0.3, -0.25) is 19.8 Å². The minimum absolute atomic E-state index is 0.160. The van der Waals surface area contributed by atoms with Gasteiger partial charge in [-0.1, -0.05) is 41.0 Å². The average Bonchev–Trinajstić information content (AvgIpc) is 3.36. The summed E-state index contributed by atoms with van der Waals surface area (Å²) < 4.78 is 5.31. The fraction of sp³-hybridized carbons (Fsp3) is 0.464. The molecule has 2 aliphatic rings. The number of piperidine rings is 2. The van der Waals surface area contributed by atoms with E-state index >= 15 is 0 Å². The number of carboxylic acid groups (broad SMARTS) is 1. The lowest BCUT2D eigenvalue weighted by Gasteiger charge is -2.33. The summed E-state index contributed by atoms with van der Waals surface area (Å²) >= 11 is 14.3. The molecule has 1 atom stereocenters. The molecule has 0 saturated carbocycles. The largest absolute Gasteiger partial charge is 0.494 e. The lowest BCUT2D eigenvalue weighted by atomic mass is 9.97. The smallest absolute Gasteiger partial charge is 0.306 e. The Bertz CT molecular complexity index is 1390. The van der Waals surface area contributed by atoms with E-state index in [-0.39, 0.29) is 11.6 Å². The van der Waals surface area contributed by atoms with Gasteiger partial charge < -0.3 is 14.7 Å². The van der Waals surface area contributed by atoms with Crippen molar-refractivity contribution in [1.29, 1.82) is 0 Å². The molecule has 2 saturated heterocycles. The van der Waals surface area contributed by atoms with Gasteiger partial charge in [-0.05, 0) is 51.3 Å². The van der Waals surface area contributed by atoms with Crippen molar-refractivity contribution in [1.82, 2.24) is 19.9 Å². The molecule has 218 valence electrons. The lowest BCUT2D eigenvalue weighted by Crippen LogP contribution is -2.36. The van der Waals surface area contributed by atoms with Crippen molar-refractivity contribution < 1.29 is 19.4 Å². The first-order valence-corrected chi connectivity index (χ1v) is 15.2. The quantitative estimate of drug-likeness (QED) is 0.320. The second-order valence-corrected chi connectivity index (χ2v) is 12.3. The van der Waals surface area contributed by atoms with E-state index in [4.69, 9.17) is 32.9 Å². The summed E-state index contributed by atoms with van der Waals surface area (Å²) in [6.45, 7) is 5.09. The van der Waals surface area contributed by atoms with Gasteiger partial charge in [0.25, 0.3) is 5.91 Å². The van der Waals surface area contributed by atoms with E-state index in [9.17, 15) is 14.7 Å². The van der Waals surface area contributed by atoms with Crippen LogP contribution in [0.1, 0.15) is 54.4 Å². The van der Waals surface area contributed by atoms with Crippen LogP contribution in [0.2, 0.25) is 10.0 Å². The second-order valence-electron chi connectivity index (χ2n) is 10.4. The molecular formula is C28H32Cl2N6O4S. The molecule has 2 fully saturated rings. The highest BCUT2D eigenvalue weighted by Crippen LogP contribution is 2.40. The van der Waals surface area contributed by atoms with Crippen LogP contribution in [0.5, 0.6) is 5.75 Å². The van der Waals surface area contributed by atoms with Crippen molar-refractivity contribution in [3.63, 3.8) is 0 Å². The van der Waals surface area contributed by atoms with Gasteiger partial charge in [-0.2, -0.15) is 0 Å². The first-order valence-electron chi connectivity index (χ1n) is 13.6. The number of nitrogens with one attached hydrogen (secondary N) is 1. The number of aliphatic carboxylic acids is 1. The number of thiazole rings is 1. The number of rotatable bonds is 8. The molecule has 13 heteroatoms. The summed E-state index contributed by atoms with van der Waals surface area (Å²) in [4.78, 5) is 43.3. The molecule has 1 amide bonds. The van der Waals surface area contributed by atoms with Crippen molar-refractivity contribution >= 4 is 57.4 Å². The number of halogens is 2. The molecule has 0 bridgehead atoms. The Labute approximate surface area is 252 Å². The zero-order valence-corrected chi connectivity index (χ0v) is 25.2. The summed E-state index contributed by atoms with van der Waals surface area (Å²) in [6.07, 6.45) is 7.59. The van der Waals surface area contributed by atoms with Crippen LogP contribution >= 0.6 is 34.5 Å². The number of hydrogen-bond acceptors (Lipinski definition) is 9. The molecule has 4 heterocycles. The zero-order chi connectivity index (χ0) is 29.1. The predicted molar refractivity (Wildman–Crippen MR) is 160 cm³/mol. The van der Waals surface area contributed by atoms with Crippen molar-refractivity contribution in [2.24, 2.45) is 5.92 Å². The van der Waals surface area contributed by atoms with E-state index in [2.05, 4.69) is 27.1 Å². The summed E-state index contributed by atoms with van der Waals surface area (Å²) in [5, 5.41) is 13.3. The second kappa shape index (κ2) is 12.9. The number of ether oxygens (including phenoxy) is 1. The number of amides is 1. The Morgan fingerprint density at radius 1 is 1.10 bits per heavy atom. The number of anilines is 2. The maximum absolute atomic E-state index is 13.1. The Morgan fingerprint density at radius 3 is 2.44 bits per heavy atom. The molecule has 2 aromatic heterocycles. The van der Waals surface area contributed by atoms with Crippen LogP contribution in [0.3, 0.4) is 0 Å². The van der Waals surface area contributed by atoms with Crippen LogP contribution in [0.25, 0.3) is 11.3 Å². The average molecular weight is 620 g/mol. The number of hydrogen-bond donors (Lipinski definition) is 2. The number of carbonyl (C=O) groups excluding carboxylic acids is 1. The minimum Gasteiger partial charge on any atom is -0.494 e. The van der Waals surface area contributed by atoms with Gasteiger partial charge in [0, 0.05) is 36.1 Å². The van der Waals surface area contributed by atoms with Crippen molar-refractivity contribution in [3.05, 3.63) is 45.1 Å². The van der Waals surface area contributed by atoms with Gasteiger partial charge in [-0.15, -0.1) is 0 Å². The molecule has 2 aliphatic heterocycles. The maximum atomic E-state index is 13.1. The van der Waals surface area contributed by atoms with E-state index in [1.165, 1.54) is 31.1 Å². The standard InChI is InChI=1S/C28H32Cl2N6O4S/c1-16-5-3-4-8-36(16)15-22-24(18-11-19(29)25(40-2)20(30)12-18)33-28(41-22)34-26(37)21-13-32-23(14-31-21)35-9-6-17(7-10-35)27(38)39/h11-14,16-17H,3-10,15H2,1-2H3,(H,38,39)(H,33,34,37)/t16-/m1/s1. The molecule has 10 nitrogen and oxygen atoms in total. The van der Waals surface area contributed by atoms with E-state index in [0.717, 1.165) is 29.8 Å². The number of carboxylic acids is 1. The SMILES string of the molecule is COc1c(Cl)cc(-c2nc(NC(=O)c3cnc(N4CCC(C(=O)O)CC4)cn3)sc2CN2CCCC[C@H]2C)cc1Cl. The summed E-state index contributed by atoms with van der Waals surface area (Å²) in [6, 6.07) is 4.00. The molecular weight excluding hydrogens is 587 g/mol. The van der Waals surface area contributed by atoms with Crippen LogP contribution < -0.4 is 15.0 Å². The Balaban J connectivity index is 1.35. The number of likely N-dealkylation sites (tertiary alicyclic amines) is 1. The third-order valence-electron chi connectivity index (χ3n) is 7.72. The van der Waals surface area contributed by atoms with Crippen LogP contribution in [0.15, 0.2) is 24.5 Å². The Hall–Kier alpha value is -2.99. The van der Waals surface area contributed by atoms with Crippen molar-refractivity contribution in [2.75, 3.05) is 37.0 Å².